The molecule has 0 radical (unpaired) electrons. The predicted octanol–water partition coefficient (Wildman–Crippen LogP) is 3.05. The number of halogens is 1. The molecule has 0 unspecified atom stereocenters. The molecule has 1 saturated carbocycles. The van der Waals surface area contributed by atoms with Gasteiger partial charge >= 0.3 is 0 Å². The van der Waals surface area contributed by atoms with Crippen molar-refractivity contribution in [2.45, 2.75) is 45.1 Å². The first-order chi connectivity index (χ1) is 5.72. The van der Waals surface area contributed by atoms with Crippen molar-refractivity contribution < 1.29 is 0 Å². The summed E-state index contributed by atoms with van der Waals surface area (Å²) in [5, 5.41) is 3.58. The van der Waals surface area contributed by atoms with Crippen molar-refractivity contribution in [3.8, 4) is 0 Å². The minimum Gasteiger partial charge on any atom is -0.307 e. The summed E-state index contributed by atoms with van der Waals surface area (Å²) in [4.78, 5) is 0. The smallest absolute Gasteiger partial charge is 0.0182 e. The van der Waals surface area contributed by atoms with Crippen LogP contribution < -0.4 is 5.32 Å². The molecular weight excluding hydrogens is 170 g/mol. The molecule has 0 amide bonds. The maximum atomic E-state index is 5.58. The number of hydrogen-bond donors (Lipinski definition) is 1. The lowest BCUT2D eigenvalue weighted by Gasteiger charge is -2.42. The highest BCUT2D eigenvalue weighted by atomic mass is 35.5. The van der Waals surface area contributed by atoms with E-state index in [1.807, 2.05) is 0 Å². The Morgan fingerprint density at radius 1 is 1.58 bits per heavy atom. The molecule has 0 bridgehead atoms. The summed E-state index contributed by atoms with van der Waals surface area (Å²) >= 11 is 5.58. The molecule has 0 heterocycles. The quantitative estimate of drug-likeness (QED) is 0.714. The highest BCUT2D eigenvalue weighted by molar-refractivity contribution is 6.25. The van der Waals surface area contributed by atoms with Crippen LogP contribution in [0.3, 0.4) is 0 Å². The van der Waals surface area contributed by atoms with Crippen LogP contribution in [0.5, 0.6) is 0 Å². The zero-order valence-corrected chi connectivity index (χ0v) is 8.75. The van der Waals surface area contributed by atoms with Crippen LogP contribution in [0, 0.1) is 0 Å². The van der Waals surface area contributed by atoms with E-state index in [2.05, 4.69) is 19.2 Å². The third-order valence-corrected chi connectivity index (χ3v) is 3.29. The summed E-state index contributed by atoms with van der Waals surface area (Å²) in [7, 11) is 0. The van der Waals surface area contributed by atoms with Crippen LogP contribution in [0.2, 0.25) is 0 Å². The molecule has 1 aliphatic rings. The zero-order valence-electron chi connectivity index (χ0n) is 7.99. The van der Waals surface area contributed by atoms with Gasteiger partial charge in [-0.1, -0.05) is 18.5 Å². The van der Waals surface area contributed by atoms with Crippen LogP contribution in [-0.2, 0) is 0 Å². The maximum absolute atomic E-state index is 5.58. The normalized spacial score (nSPS) is 22.1. The van der Waals surface area contributed by atoms with Gasteiger partial charge in [-0.05, 0) is 38.2 Å². The molecule has 0 atom stereocenters. The highest BCUT2D eigenvalue weighted by Gasteiger charge is 2.33. The molecule has 0 aromatic carbocycles. The minimum absolute atomic E-state index is 0.446. The summed E-state index contributed by atoms with van der Waals surface area (Å²) < 4.78 is 0. The fourth-order valence-electron chi connectivity index (χ4n) is 1.62. The van der Waals surface area contributed by atoms with Crippen molar-refractivity contribution >= 4 is 11.6 Å². The fourth-order valence-corrected chi connectivity index (χ4v) is 1.70. The summed E-state index contributed by atoms with van der Waals surface area (Å²) in [6.45, 7) is 5.26. The summed E-state index contributed by atoms with van der Waals surface area (Å²) in [5.41, 5.74) is 3.33. The predicted molar refractivity (Wildman–Crippen MR) is 54.5 cm³/mol. The van der Waals surface area contributed by atoms with Crippen LogP contribution in [0.25, 0.3) is 0 Å². The summed E-state index contributed by atoms with van der Waals surface area (Å²) in [6, 6.07) is 0. The molecule has 0 saturated heterocycles. The molecule has 0 aliphatic heterocycles. The first-order valence-electron chi connectivity index (χ1n) is 4.73. The van der Waals surface area contributed by atoms with E-state index >= 15 is 0 Å². The Morgan fingerprint density at radius 3 is 2.58 bits per heavy atom. The van der Waals surface area contributed by atoms with Gasteiger partial charge in [-0.2, -0.15) is 0 Å². The van der Waals surface area contributed by atoms with Gasteiger partial charge in [0.25, 0.3) is 0 Å². The number of nitrogens with one attached hydrogen (secondary N) is 1. The first-order valence-corrected chi connectivity index (χ1v) is 5.17. The van der Waals surface area contributed by atoms with Crippen LogP contribution in [0.15, 0.2) is 11.1 Å². The molecule has 0 aromatic heterocycles. The number of rotatable bonds is 4. The van der Waals surface area contributed by atoms with Crippen LogP contribution in [0.1, 0.15) is 39.5 Å². The van der Waals surface area contributed by atoms with E-state index < -0.39 is 0 Å². The Labute approximate surface area is 80.2 Å². The Bertz CT molecular complexity index is 165. The highest BCUT2D eigenvalue weighted by Crippen LogP contribution is 2.34. The van der Waals surface area contributed by atoms with Gasteiger partial charge in [0, 0.05) is 17.6 Å². The maximum Gasteiger partial charge on any atom is 0.0182 e. The fraction of sp³-hybridized carbons (Fsp3) is 0.800. The molecule has 70 valence electrons. The molecular formula is C10H18ClN. The van der Waals surface area contributed by atoms with Crippen molar-refractivity contribution in [3.63, 3.8) is 0 Å². The van der Waals surface area contributed by atoms with Crippen molar-refractivity contribution in [2.75, 3.05) is 6.54 Å². The molecule has 0 aromatic rings. The molecule has 1 N–H and O–H groups in total. The van der Waals surface area contributed by atoms with Crippen LogP contribution >= 0.6 is 11.6 Å². The van der Waals surface area contributed by atoms with Crippen molar-refractivity contribution in [2.24, 2.45) is 0 Å². The second-order valence-electron chi connectivity index (χ2n) is 3.80. The van der Waals surface area contributed by atoms with Gasteiger partial charge in [-0.3, -0.25) is 0 Å². The molecule has 12 heavy (non-hydrogen) atoms. The Hall–Kier alpha value is -0.0100. The van der Waals surface area contributed by atoms with E-state index in [1.165, 1.54) is 31.3 Å². The van der Waals surface area contributed by atoms with Crippen LogP contribution in [-0.4, -0.2) is 12.1 Å². The van der Waals surface area contributed by atoms with E-state index in [4.69, 9.17) is 11.6 Å². The Balaban J connectivity index is 2.29. The van der Waals surface area contributed by atoms with E-state index in [9.17, 15) is 0 Å². The van der Waals surface area contributed by atoms with E-state index in [-0.39, 0.29) is 0 Å². The molecule has 0 spiro atoms. The van der Waals surface area contributed by atoms with Crippen LogP contribution in [0.4, 0.5) is 0 Å². The monoisotopic (exact) mass is 187 g/mol. The lowest BCUT2D eigenvalue weighted by molar-refractivity contribution is 0.183. The molecule has 1 rings (SSSR count). The Morgan fingerprint density at radius 2 is 2.25 bits per heavy atom. The lowest BCUT2D eigenvalue weighted by atomic mass is 9.75. The van der Waals surface area contributed by atoms with Crippen molar-refractivity contribution in [3.05, 3.63) is 11.1 Å². The third kappa shape index (κ3) is 2.24. The molecule has 1 fully saturated rings. The summed E-state index contributed by atoms with van der Waals surface area (Å²) in [5.74, 6) is 0. The second-order valence-corrected chi connectivity index (χ2v) is 4.01. The van der Waals surface area contributed by atoms with Gasteiger partial charge in [0.05, 0.1) is 0 Å². The van der Waals surface area contributed by atoms with E-state index in [1.54, 1.807) is 5.54 Å². The van der Waals surface area contributed by atoms with Crippen molar-refractivity contribution in [1.82, 2.24) is 5.32 Å². The lowest BCUT2D eigenvalue weighted by Crippen LogP contribution is -2.50. The zero-order chi connectivity index (χ0) is 9.03. The number of hydrogen-bond acceptors (Lipinski definition) is 1. The Kier molecular flexibility index (Phi) is 3.60. The molecule has 1 aliphatic carbocycles. The SMILES string of the molecule is CCC1(NCC(C)=CCl)CCC1. The van der Waals surface area contributed by atoms with Gasteiger partial charge in [-0.15, -0.1) is 0 Å². The largest absolute Gasteiger partial charge is 0.307 e. The average Bonchev–Trinajstić information content (AvgIpc) is 2.03. The van der Waals surface area contributed by atoms with E-state index in [0.717, 1.165) is 6.54 Å². The minimum atomic E-state index is 0.446. The molecule has 2 heteroatoms. The molecule has 1 nitrogen and oxygen atoms in total. The van der Waals surface area contributed by atoms with Gasteiger partial charge in [0.2, 0.25) is 0 Å². The first kappa shape index (κ1) is 10.1. The summed E-state index contributed by atoms with van der Waals surface area (Å²) in [6.07, 6.45) is 5.28. The van der Waals surface area contributed by atoms with Gasteiger partial charge < -0.3 is 5.32 Å². The third-order valence-electron chi connectivity index (χ3n) is 2.92. The van der Waals surface area contributed by atoms with Gasteiger partial charge in [-0.25, -0.2) is 0 Å². The van der Waals surface area contributed by atoms with Gasteiger partial charge in [0.1, 0.15) is 0 Å². The average molecular weight is 188 g/mol. The topological polar surface area (TPSA) is 12.0 Å². The van der Waals surface area contributed by atoms with E-state index in [0.29, 0.717) is 5.54 Å². The van der Waals surface area contributed by atoms with Gasteiger partial charge in [0.15, 0.2) is 0 Å². The second kappa shape index (κ2) is 4.29. The van der Waals surface area contributed by atoms with Crippen molar-refractivity contribution in [1.29, 1.82) is 0 Å². The standard InChI is InChI=1S/C10H18ClN/c1-3-10(5-4-6-10)12-8-9(2)7-11/h7,12H,3-6,8H2,1-2H3.